The zero-order valence-corrected chi connectivity index (χ0v) is 9.40. The molecule has 1 fully saturated rings. The molecule has 1 aliphatic rings. The molecule has 1 heterocycles. The van der Waals surface area contributed by atoms with E-state index in [1.807, 2.05) is 0 Å². The molecule has 92 valence electrons. The number of benzene rings is 1. The van der Waals surface area contributed by atoms with Crippen LogP contribution in [0.1, 0.15) is 12.0 Å². The van der Waals surface area contributed by atoms with Crippen molar-refractivity contribution in [1.82, 2.24) is 0 Å². The van der Waals surface area contributed by atoms with Crippen molar-refractivity contribution in [2.75, 3.05) is 18.0 Å². The molecular weight excluding hydrogens is 223 g/mol. The van der Waals surface area contributed by atoms with Crippen LogP contribution >= 0.6 is 0 Å². The molecule has 0 saturated carbocycles. The van der Waals surface area contributed by atoms with Gasteiger partial charge in [0.2, 0.25) is 5.91 Å². The molecule has 0 aliphatic carbocycles. The van der Waals surface area contributed by atoms with Gasteiger partial charge < -0.3 is 15.7 Å². The standard InChI is InChI=1S/C12H15FN2O2/c13-10-3-1-2-9(7-16)11(10)15-5-4-8(6-15)12(14)17/h1-3,8,16H,4-7H2,(H2,14,17). The Labute approximate surface area is 98.8 Å². The summed E-state index contributed by atoms with van der Waals surface area (Å²) in [6.45, 7) is 0.787. The number of carbonyl (C=O) groups is 1. The van der Waals surface area contributed by atoms with Crippen LogP contribution < -0.4 is 10.6 Å². The molecule has 4 nitrogen and oxygen atoms in total. The molecule has 3 N–H and O–H groups in total. The predicted molar refractivity (Wildman–Crippen MR) is 61.8 cm³/mol. The summed E-state index contributed by atoms with van der Waals surface area (Å²) < 4.78 is 13.7. The van der Waals surface area contributed by atoms with E-state index >= 15 is 0 Å². The molecule has 0 spiro atoms. The maximum absolute atomic E-state index is 13.7. The maximum Gasteiger partial charge on any atom is 0.222 e. The van der Waals surface area contributed by atoms with Gasteiger partial charge in [-0.15, -0.1) is 0 Å². The van der Waals surface area contributed by atoms with E-state index in [-0.39, 0.29) is 24.2 Å². The van der Waals surface area contributed by atoms with Gasteiger partial charge in [-0.05, 0) is 12.5 Å². The monoisotopic (exact) mass is 238 g/mol. The minimum atomic E-state index is -0.373. The van der Waals surface area contributed by atoms with Gasteiger partial charge in [-0.3, -0.25) is 4.79 Å². The highest BCUT2D eigenvalue weighted by molar-refractivity contribution is 5.78. The molecule has 2 rings (SSSR count). The van der Waals surface area contributed by atoms with Crippen LogP contribution in [0.5, 0.6) is 0 Å². The maximum atomic E-state index is 13.7. The quantitative estimate of drug-likeness (QED) is 0.811. The van der Waals surface area contributed by atoms with E-state index in [4.69, 9.17) is 5.73 Å². The van der Waals surface area contributed by atoms with E-state index in [1.165, 1.54) is 6.07 Å². The van der Waals surface area contributed by atoms with Crippen LogP contribution in [0.25, 0.3) is 0 Å². The normalized spacial score (nSPS) is 19.6. The van der Waals surface area contributed by atoms with Crippen molar-refractivity contribution in [2.24, 2.45) is 11.7 Å². The van der Waals surface area contributed by atoms with E-state index < -0.39 is 0 Å². The van der Waals surface area contributed by atoms with Crippen molar-refractivity contribution < 1.29 is 14.3 Å². The molecule has 1 amide bonds. The number of aliphatic hydroxyl groups excluding tert-OH is 1. The molecule has 1 atom stereocenters. The van der Waals surface area contributed by atoms with Crippen LogP contribution in [0, 0.1) is 11.7 Å². The number of carbonyl (C=O) groups excluding carboxylic acids is 1. The van der Waals surface area contributed by atoms with E-state index in [2.05, 4.69) is 0 Å². The topological polar surface area (TPSA) is 66.6 Å². The lowest BCUT2D eigenvalue weighted by atomic mass is 10.1. The number of halogens is 1. The van der Waals surface area contributed by atoms with Gasteiger partial charge in [0.1, 0.15) is 5.82 Å². The van der Waals surface area contributed by atoms with Gasteiger partial charge in [-0.25, -0.2) is 4.39 Å². The first-order chi connectivity index (χ1) is 8.13. The van der Waals surface area contributed by atoms with Crippen LogP contribution in [0.4, 0.5) is 10.1 Å². The first-order valence-electron chi connectivity index (χ1n) is 5.56. The average Bonchev–Trinajstić information content (AvgIpc) is 2.77. The van der Waals surface area contributed by atoms with Crippen molar-refractivity contribution in [3.8, 4) is 0 Å². The first kappa shape index (κ1) is 11.9. The molecule has 1 saturated heterocycles. The molecule has 0 aromatic heterocycles. The smallest absolute Gasteiger partial charge is 0.222 e. The highest BCUT2D eigenvalue weighted by Gasteiger charge is 2.29. The van der Waals surface area contributed by atoms with Crippen LogP contribution in [0.3, 0.4) is 0 Å². The number of aliphatic hydroxyl groups is 1. The third-order valence-electron chi connectivity index (χ3n) is 3.15. The summed E-state index contributed by atoms with van der Waals surface area (Å²) in [5, 5.41) is 9.19. The van der Waals surface area contributed by atoms with Crippen LogP contribution in [-0.4, -0.2) is 24.1 Å². The van der Waals surface area contributed by atoms with Crippen LogP contribution in [0.2, 0.25) is 0 Å². The molecule has 1 aliphatic heterocycles. The highest BCUT2D eigenvalue weighted by Crippen LogP contribution is 2.29. The van der Waals surface area contributed by atoms with Gasteiger partial charge in [0.15, 0.2) is 0 Å². The Balaban J connectivity index is 2.26. The Morgan fingerprint density at radius 2 is 2.35 bits per heavy atom. The number of amides is 1. The molecule has 1 unspecified atom stereocenters. The van der Waals surface area contributed by atoms with E-state index in [0.717, 1.165) is 0 Å². The Morgan fingerprint density at radius 3 is 2.94 bits per heavy atom. The molecule has 5 heteroatoms. The number of nitrogens with zero attached hydrogens (tertiary/aromatic N) is 1. The Kier molecular flexibility index (Phi) is 3.28. The molecule has 0 bridgehead atoms. The average molecular weight is 238 g/mol. The zero-order valence-electron chi connectivity index (χ0n) is 9.40. The number of nitrogens with two attached hydrogens (primary N) is 1. The third kappa shape index (κ3) is 2.24. The lowest BCUT2D eigenvalue weighted by Gasteiger charge is -2.21. The number of anilines is 1. The van der Waals surface area contributed by atoms with Crippen molar-refractivity contribution in [2.45, 2.75) is 13.0 Å². The predicted octanol–water partition coefficient (Wildman–Crippen LogP) is 0.630. The number of hydrogen-bond acceptors (Lipinski definition) is 3. The van der Waals surface area contributed by atoms with Gasteiger partial charge in [0.25, 0.3) is 0 Å². The van der Waals surface area contributed by atoms with E-state index in [9.17, 15) is 14.3 Å². The summed E-state index contributed by atoms with van der Waals surface area (Å²) in [6.07, 6.45) is 0.633. The van der Waals surface area contributed by atoms with E-state index in [1.54, 1.807) is 17.0 Å². The second kappa shape index (κ2) is 4.71. The number of para-hydroxylation sites is 1. The van der Waals surface area contributed by atoms with Crippen LogP contribution in [0.15, 0.2) is 18.2 Å². The van der Waals surface area contributed by atoms with Crippen molar-refractivity contribution in [1.29, 1.82) is 0 Å². The van der Waals surface area contributed by atoms with Crippen molar-refractivity contribution in [3.63, 3.8) is 0 Å². The summed E-state index contributed by atoms with van der Waals surface area (Å²) >= 11 is 0. The summed E-state index contributed by atoms with van der Waals surface area (Å²) in [5.41, 5.74) is 6.16. The van der Waals surface area contributed by atoms with Crippen molar-refractivity contribution in [3.05, 3.63) is 29.6 Å². The molecule has 17 heavy (non-hydrogen) atoms. The van der Waals surface area contributed by atoms with Crippen LogP contribution in [-0.2, 0) is 11.4 Å². The minimum absolute atomic E-state index is 0.217. The summed E-state index contributed by atoms with van der Waals surface area (Å²) in [6, 6.07) is 4.59. The number of rotatable bonds is 3. The summed E-state index contributed by atoms with van der Waals surface area (Å²) in [4.78, 5) is 12.8. The summed E-state index contributed by atoms with van der Waals surface area (Å²) in [7, 11) is 0. The fraction of sp³-hybridized carbons (Fsp3) is 0.417. The minimum Gasteiger partial charge on any atom is -0.392 e. The Morgan fingerprint density at radius 1 is 1.59 bits per heavy atom. The lowest BCUT2D eigenvalue weighted by Crippen LogP contribution is -2.28. The third-order valence-corrected chi connectivity index (χ3v) is 3.15. The van der Waals surface area contributed by atoms with Gasteiger partial charge >= 0.3 is 0 Å². The highest BCUT2D eigenvalue weighted by atomic mass is 19.1. The SMILES string of the molecule is NC(=O)C1CCN(c2c(F)cccc2CO)C1. The molecular formula is C12H15FN2O2. The molecule has 1 aromatic carbocycles. The Hall–Kier alpha value is -1.62. The second-order valence-corrected chi connectivity index (χ2v) is 4.24. The number of hydrogen-bond donors (Lipinski definition) is 2. The fourth-order valence-electron chi connectivity index (χ4n) is 2.24. The zero-order chi connectivity index (χ0) is 12.4. The van der Waals surface area contributed by atoms with Crippen molar-refractivity contribution >= 4 is 11.6 Å². The second-order valence-electron chi connectivity index (χ2n) is 4.24. The fourth-order valence-corrected chi connectivity index (χ4v) is 2.24. The lowest BCUT2D eigenvalue weighted by molar-refractivity contribution is -0.121. The molecule has 1 aromatic rings. The van der Waals surface area contributed by atoms with Gasteiger partial charge in [0.05, 0.1) is 18.2 Å². The van der Waals surface area contributed by atoms with Gasteiger partial charge in [-0.1, -0.05) is 12.1 Å². The first-order valence-corrected chi connectivity index (χ1v) is 5.56. The summed E-state index contributed by atoms with van der Waals surface area (Å²) in [5.74, 6) is -0.961. The van der Waals surface area contributed by atoms with E-state index in [0.29, 0.717) is 30.8 Å². The van der Waals surface area contributed by atoms with Gasteiger partial charge in [-0.2, -0.15) is 0 Å². The van der Waals surface area contributed by atoms with Gasteiger partial charge in [0, 0.05) is 18.7 Å². The Bertz CT molecular complexity index is 437. The number of primary amides is 1. The largest absolute Gasteiger partial charge is 0.392 e. The molecule has 0 radical (unpaired) electrons.